The van der Waals surface area contributed by atoms with Crippen LogP contribution in [-0.2, 0) is 0 Å². The number of hydrogen-bond donors (Lipinski definition) is 2. The van der Waals surface area contributed by atoms with Crippen LogP contribution >= 0.6 is 0 Å². The Morgan fingerprint density at radius 1 is 1.12 bits per heavy atom. The van der Waals surface area contributed by atoms with E-state index in [2.05, 4.69) is 25.3 Å². The zero-order valence-corrected chi connectivity index (χ0v) is 13.3. The monoisotopic (exact) mass is 324 g/mol. The molecule has 2 N–H and O–H groups in total. The molecule has 0 saturated carbocycles. The van der Waals surface area contributed by atoms with E-state index in [4.69, 9.17) is 0 Å². The predicted octanol–water partition coefficient (Wildman–Crippen LogP) is 1.55. The van der Waals surface area contributed by atoms with E-state index in [1.807, 2.05) is 18.2 Å². The summed E-state index contributed by atoms with van der Waals surface area (Å²) in [5.41, 5.74) is 4.73. The van der Waals surface area contributed by atoms with Crippen LogP contribution in [0.4, 0.5) is 11.6 Å². The highest BCUT2D eigenvalue weighted by molar-refractivity contribution is 5.73. The average Bonchev–Trinajstić information content (AvgIpc) is 3.05. The lowest BCUT2D eigenvalue weighted by atomic mass is 10.1. The number of aliphatic hydroxyl groups is 1. The van der Waals surface area contributed by atoms with Crippen LogP contribution in [0.5, 0.6) is 0 Å². The van der Waals surface area contributed by atoms with Crippen LogP contribution in [0, 0.1) is 0 Å². The third-order valence-corrected chi connectivity index (χ3v) is 4.44. The summed E-state index contributed by atoms with van der Waals surface area (Å²) in [5.74, 6) is 1.55. The van der Waals surface area contributed by atoms with Crippen molar-refractivity contribution < 1.29 is 5.11 Å². The molecular weight excluding hydrogens is 304 g/mol. The smallest absolute Gasteiger partial charge is 0.175 e. The summed E-state index contributed by atoms with van der Waals surface area (Å²) < 4.78 is 0. The van der Waals surface area contributed by atoms with Gasteiger partial charge in [-0.2, -0.15) is 0 Å². The predicted molar refractivity (Wildman–Crippen MR) is 91.9 cm³/mol. The summed E-state index contributed by atoms with van der Waals surface area (Å²) in [6, 6.07) is 5.69. The average molecular weight is 324 g/mol. The van der Waals surface area contributed by atoms with Crippen LogP contribution in [0.3, 0.4) is 0 Å². The topological polar surface area (TPSA) is 77.4 Å². The molecule has 0 aliphatic carbocycles. The van der Waals surface area contributed by atoms with E-state index < -0.39 is 6.23 Å². The van der Waals surface area contributed by atoms with Crippen molar-refractivity contribution in [3.8, 4) is 0 Å². The molecule has 1 atom stereocenters. The molecule has 2 aliphatic heterocycles. The second kappa shape index (κ2) is 6.45. The molecule has 24 heavy (non-hydrogen) atoms. The summed E-state index contributed by atoms with van der Waals surface area (Å²) in [6.45, 7) is 2.04. The van der Waals surface area contributed by atoms with Gasteiger partial charge in [0.2, 0.25) is 0 Å². The molecule has 1 unspecified atom stereocenters. The van der Waals surface area contributed by atoms with Gasteiger partial charge in [0.25, 0.3) is 0 Å². The molecule has 2 aliphatic rings. The van der Waals surface area contributed by atoms with Gasteiger partial charge in [0, 0.05) is 48.9 Å². The highest BCUT2D eigenvalue weighted by atomic mass is 16.3. The maximum atomic E-state index is 10.7. The minimum atomic E-state index is -0.821. The van der Waals surface area contributed by atoms with Gasteiger partial charge in [0.05, 0.1) is 0 Å². The number of piperidine rings is 1. The Morgan fingerprint density at radius 3 is 2.75 bits per heavy atom. The van der Waals surface area contributed by atoms with Crippen molar-refractivity contribution in [2.24, 2.45) is 0 Å². The summed E-state index contributed by atoms with van der Waals surface area (Å²) in [7, 11) is 0. The van der Waals surface area contributed by atoms with E-state index in [0.717, 1.165) is 30.0 Å². The molecule has 1 saturated heterocycles. The Labute approximate surface area is 140 Å². The van der Waals surface area contributed by atoms with Crippen molar-refractivity contribution in [3.63, 3.8) is 0 Å². The number of anilines is 2. The molecule has 2 aromatic rings. The van der Waals surface area contributed by atoms with Gasteiger partial charge in [-0.3, -0.25) is 4.98 Å². The molecule has 4 rings (SSSR count). The summed E-state index contributed by atoms with van der Waals surface area (Å²) in [4.78, 5) is 15.1. The summed E-state index contributed by atoms with van der Waals surface area (Å²) in [5, 5.41) is 12.3. The van der Waals surface area contributed by atoms with Crippen molar-refractivity contribution in [2.45, 2.75) is 25.5 Å². The highest BCUT2D eigenvalue weighted by Crippen LogP contribution is 2.28. The number of nitrogens with one attached hydrogen (secondary N) is 1. The second-order valence-corrected chi connectivity index (χ2v) is 6.00. The van der Waals surface area contributed by atoms with Gasteiger partial charge in [-0.1, -0.05) is 6.07 Å². The van der Waals surface area contributed by atoms with E-state index in [1.54, 1.807) is 29.9 Å². The van der Waals surface area contributed by atoms with E-state index in [0.29, 0.717) is 5.82 Å². The van der Waals surface area contributed by atoms with Crippen molar-refractivity contribution in [2.75, 3.05) is 23.0 Å². The minimum Gasteiger partial charge on any atom is -0.368 e. The number of aromatic nitrogens is 3. The first kappa shape index (κ1) is 14.9. The third-order valence-electron chi connectivity index (χ3n) is 4.44. The molecule has 4 heterocycles. The van der Waals surface area contributed by atoms with Crippen LogP contribution in [0.1, 0.15) is 24.8 Å². The van der Waals surface area contributed by atoms with Crippen molar-refractivity contribution in [3.05, 3.63) is 48.7 Å². The molecule has 0 radical (unpaired) electrons. The first-order chi connectivity index (χ1) is 11.8. The lowest BCUT2D eigenvalue weighted by Crippen LogP contribution is -2.39. The molecule has 124 valence electrons. The van der Waals surface area contributed by atoms with Gasteiger partial charge in [-0.25, -0.2) is 15.0 Å². The van der Waals surface area contributed by atoms with E-state index in [1.165, 1.54) is 19.3 Å². The first-order valence-corrected chi connectivity index (χ1v) is 8.24. The first-order valence-electron chi connectivity index (χ1n) is 8.24. The van der Waals surface area contributed by atoms with E-state index >= 15 is 0 Å². The van der Waals surface area contributed by atoms with Gasteiger partial charge in [0.1, 0.15) is 12.1 Å². The van der Waals surface area contributed by atoms with Crippen molar-refractivity contribution in [1.82, 2.24) is 20.4 Å². The lowest BCUT2D eigenvalue weighted by molar-refractivity contribution is 0.225. The SMILES string of the molecule is OC1C(c2cccnc2)=CNN1c1cc(N2CCCCC2)ncn1. The maximum Gasteiger partial charge on any atom is 0.175 e. The van der Waals surface area contributed by atoms with Crippen molar-refractivity contribution >= 4 is 17.2 Å². The van der Waals surface area contributed by atoms with Gasteiger partial charge in [0.15, 0.2) is 12.0 Å². The minimum absolute atomic E-state index is 0.646. The lowest BCUT2D eigenvalue weighted by Gasteiger charge is -2.29. The molecular formula is C17H20N6O. The zero-order valence-electron chi connectivity index (χ0n) is 13.3. The third kappa shape index (κ3) is 2.78. The largest absolute Gasteiger partial charge is 0.368 e. The fourth-order valence-corrected chi connectivity index (χ4v) is 3.15. The van der Waals surface area contributed by atoms with Crippen LogP contribution in [0.15, 0.2) is 43.1 Å². The van der Waals surface area contributed by atoms with Gasteiger partial charge >= 0.3 is 0 Å². The number of hydrazine groups is 1. The van der Waals surface area contributed by atoms with Crippen molar-refractivity contribution in [1.29, 1.82) is 0 Å². The Kier molecular flexibility index (Phi) is 4.00. The molecule has 0 amide bonds. The molecule has 1 fully saturated rings. The zero-order chi connectivity index (χ0) is 16.4. The number of rotatable bonds is 3. The number of pyridine rings is 1. The molecule has 7 heteroatoms. The Hall–Kier alpha value is -2.67. The van der Waals surface area contributed by atoms with E-state index in [9.17, 15) is 5.11 Å². The number of nitrogens with zero attached hydrogens (tertiary/aromatic N) is 5. The second-order valence-electron chi connectivity index (χ2n) is 6.00. The fourth-order valence-electron chi connectivity index (χ4n) is 3.15. The Balaban J connectivity index is 1.55. The van der Waals surface area contributed by atoms with Crippen LogP contribution in [0.2, 0.25) is 0 Å². The van der Waals surface area contributed by atoms with E-state index in [-0.39, 0.29) is 0 Å². The molecule has 0 aromatic carbocycles. The molecule has 2 aromatic heterocycles. The Morgan fingerprint density at radius 2 is 1.96 bits per heavy atom. The fraction of sp³-hybridized carbons (Fsp3) is 0.353. The molecule has 0 spiro atoms. The molecule has 0 bridgehead atoms. The van der Waals surface area contributed by atoms with Gasteiger partial charge in [-0.05, 0) is 25.3 Å². The van der Waals surface area contributed by atoms with Crippen LogP contribution in [0.25, 0.3) is 5.57 Å². The number of hydrogen-bond acceptors (Lipinski definition) is 7. The summed E-state index contributed by atoms with van der Waals surface area (Å²) >= 11 is 0. The van der Waals surface area contributed by atoms with Gasteiger partial charge < -0.3 is 15.4 Å². The van der Waals surface area contributed by atoms with Crippen LogP contribution in [-0.4, -0.2) is 39.4 Å². The van der Waals surface area contributed by atoms with Gasteiger partial charge in [-0.15, -0.1) is 0 Å². The quantitative estimate of drug-likeness (QED) is 0.887. The normalized spacial score (nSPS) is 20.7. The Bertz CT molecular complexity index is 729. The standard InChI is InChI=1S/C17H20N6O/c24-17-14(13-5-4-6-18-10-13)11-21-23(17)16-9-15(19-12-20-16)22-7-2-1-3-8-22/h4-6,9-12,17,21,24H,1-3,7-8H2. The molecule has 7 nitrogen and oxygen atoms in total. The maximum absolute atomic E-state index is 10.7. The number of aliphatic hydroxyl groups excluding tert-OH is 1. The highest BCUT2D eigenvalue weighted by Gasteiger charge is 2.28. The summed E-state index contributed by atoms with van der Waals surface area (Å²) in [6.07, 6.45) is 9.62. The van der Waals surface area contributed by atoms with Crippen LogP contribution < -0.4 is 15.3 Å².